The summed E-state index contributed by atoms with van der Waals surface area (Å²) in [4.78, 5) is 15.0. The Kier molecular flexibility index (Phi) is 11.2. The molecule has 3 fully saturated rings. The molecule has 3 heterocycles. The molecule has 2 bridgehead atoms. The summed E-state index contributed by atoms with van der Waals surface area (Å²) in [6, 6.07) is 37.0. The van der Waals surface area contributed by atoms with Gasteiger partial charge in [0.25, 0.3) is 0 Å². The standard InChI is InChI=1S/C17H25N.C16H15N.C13H16ClNO/c1-4-10-16(11-5-1)17(12-6-2-7-13-17)18-14-8-3-9-15-18;1-16-10-11-6-2-3-7-12(11)15(17-16)13-8-4-5-9-14(13)16;1-15-13(9-5-4-8-12(13)16)10-6-2-3-7-11(10)14/h1,4-5,10-11H,2-3,6-9,12-15H2;2-9,15,17H,10H2,1H3;2-3,6-7,15H,4-5,8-9H2,1H3. The molecular weight excluding hydrogens is 646 g/mol. The second-order valence-electron chi connectivity index (χ2n) is 15.6. The summed E-state index contributed by atoms with van der Waals surface area (Å²) in [6.45, 7) is 4.95. The predicted octanol–water partition coefficient (Wildman–Crippen LogP) is 10.4. The number of rotatable bonds is 4. The van der Waals surface area contributed by atoms with Crippen molar-refractivity contribution < 1.29 is 4.79 Å². The average Bonchev–Trinajstić information content (AvgIpc) is 3.43. The maximum Gasteiger partial charge on any atom is 0.157 e. The number of benzene rings is 4. The van der Waals surface area contributed by atoms with Gasteiger partial charge in [-0.2, -0.15) is 0 Å². The van der Waals surface area contributed by atoms with E-state index in [1.54, 1.807) is 5.56 Å². The number of nitrogens with one attached hydrogen (secondary N) is 2. The SMILES string of the molecule is CC12Cc3ccccc3C(N1)c1ccccc12.CNC1(c2ccccc2Cl)CCCCC1=O.c1ccc(C2(N3CCCCC3)CCCCC2)cc1. The third-order valence-electron chi connectivity index (χ3n) is 12.6. The second kappa shape index (κ2) is 15.8. The van der Waals surface area contributed by atoms with Crippen LogP contribution < -0.4 is 10.6 Å². The number of carbonyl (C=O) groups is 1. The highest BCUT2D eigenvalue weighted by molar-refractivity contribution is 6.31. The third-order valence-corrected chi connectivity index (χ3v) is 13.0. The Labute approximate surface area is 311 Å². The molecule has 3 unspecified atom stereocenters. The van der Waals surface area contributed by atoms with Crippen LogP contribution in [0.4, 0.5) is 0 Å². The Hall–Kier alpha value is -3.28. The van der Waals surface area contributed by atoms with E-state index >= 15 is 0 Å². The third kappa shape index (κ3) is 7.10. The molecule has 5 heteroatoms. The van der Waals surface area contributed by atoms with Gasteiger partial charge in [0.05, 0.1) is 6.04 Å². The van der Waals surface area contributed by atoms with E-state index in [1.165, 1.54) is 86.7 Å². The van der Waals surface area contributed by atoms with Gasteiger partial charge in [0.2, 0.25) is 0 Å². The van der Waals surface area contributed by atoms with Crippen molar-refractivity contribution in [3.8, 4) is 0 Å². The molecule has 0 amide bonds. The van der Waals surface area contributed by atoms with Gasteiger partial charge in [-0.25, -0.2) is 0 Å². The molecule has 2 saturated carbocycles. The summed E-state index contributed by atoms with van der Waals surface area (Å²) in [6.07, 6.45) is 15.9. The zero-order valence-corrected chi connectivity index (χ0v) is 31.5. The molecule has 4 nitrogen and oxygen atoms in total. The molecule has 0 radical (unpaired) electrons. The van der Waals surface area contributed by atoms with E-state index in [2.05, 4.69) is 101 Å². The first-order chi connectivity index (χ1) is 24.9. The monoisotopic (exact) mass is 701 g/mol. The minimum atomic E-state index is -0.559. The van der Waals surface area contributed by atoms with Crippen LogP contribution in [0, 0.1) is 0 Å². The van der Waals surface area contributed by atoms with Crippen molar-refractivity contribution in [3.63, 3.8) is 0 Å². The van der Waals surface area contributed by atoms with E-state index in [1.807, 2.05) is 31.3 Å². The van der Waals surface area contributed by atoms with Gasteiger partial charge in [-0.15, -0.1) is 0 Å². The van der Waals surface area contributed by atoms with Crippen molar-refractivity contribution in [2.75, 3.05) is 20.1 Å². The van der Waals surface area contributed by atoms with Crippen LogP contribution in [0.15, 0.2) is 103 Å². The van der Waals surface area contributed by atoms with Crippen molar-refractivity contribution >= 4 is 17.4 Å². The first-order valence-corrected chi connectivity index (χ1v) is 20.0. The Morgan fingerprint density at radius 2 is 1.29 bits per heavy atom. The maximum atomic E-state index is 12.2. The molecular formula is C46H56ClN3O. The van der Waals surface area contributed by atoms with Crippen LogP contribution in [0.1, 0.15) is 123 Å². The largest absolute Gasteiger partial charge is 0.304 e. The molecule has 9 rings (SSSR count). The smallest absolute Gasteiger partial charge is 0.157 e. The van der Waals surface area contributed by atoms with E-state index < -0.39 is 5.54 Å². The number of hydrogen-bond donors (Lipinski definition) is 2. The summed E-state index contributed by atoms with van der Waals surface area (Å²) in [5.41, 5.74) is 8.31. The highest BCUT2D eigenvalue weighted by atomic mass is 35.5. The van der Waals surface area contributed by atoms with Gasteiger partial charge < -0.3 is 5.32 Å². The molecule has 4 aromatic rings. The first kappa shape index (κ1) is 36.1. The summed E-state index contributed by atoms with van der Waals surface area (Å²) >= 11 is 6.20. The molecule has 0 spiro atoms. The zero-order valence-electron chi connectivity index (χ0n) is 30.7. The van der Waals surface area contributed by atoms with Crippen LogP contribution >= 0.6 is 11.6 Å². The Balaban J connectivity index is 0.000000120. The predicted molar refractivity (Wildman–Crippen MR) is 211 cm³/mol. The van der Waals surface area contributed by atoms with E-state index in [9.17, 15) is 4.79 Å². The first-order valence-electron chi connectivity index (χ1n) is 19.6. The minimum absolute atomic E-state index is 0.121. The number of ketones is 1. The Morgan fingerprint density at radius 3 is 2.00 bits per heavy atom. The van der Waals surface area contributed by atoms with Crippen LogP contribution in [0.5, 0.6) is 0 Å². The van der Waals surface area contributed by atoms with E-state index in [0.717, 1.165) is 31.2 Å². The minimum Gasteiger partial charge on any atom is -0.304 e. The van der Waals surface area contributed by atoms with Gasteiger partial charge in [-0.05, 0) is 111 Å². The number of carbonyl (C=O) groups excluding carboxylic acids is 1. The number of likely N-dealkylation sites (N-methyl/N-ethyl adjacent to an activating group) is 1. The fraction of sp³-hybridized carbons (Fsp3) is 0.457. The van der Waals surface area contributed by atoms with Crippen LogP contribution in [-0.4, -0.2) is 30.8 Å². The summed E-state index contributed by atoms with van der Waals surface area (Å²) in [5.74, 6) is 0.259. The van der Waals surface area contributed by atoms with Gasteiger partial charge in [-0.1, -0.05) is 141 Å². The molecule has 268 valence electrons. The molecule has 3 atom stereocenters. The van der Waals surface area contributed by atoms with Crippen LogP contribution in [-0.2, 0) is 27.8 Å². The normalized spacial score (nSPS) is 26.4. The van der Waals surface area contributed by atoms with Crippen molar-refractivity contribution in [1.29, 1.82) is 0 Å². The average molecular weight is 702 g/mol. The van der Waals surface area contributed by atoms with Crippen molar-refractivity contribution in [3.05, 3.63) is 142 Å². The number of fused-ring (bicyclic) bond motifs is 7. The topological polar surface area (TPSA) is 44.4 Å². The Morgan fingerprint density at radius 1 is 0.686 bits per heavy atom. The summed E-state index contributed by atoms with van der Waals surface area (Å²) in [5, 5.41) is 7.65. The van der Waals surface area contributed by atoms with Crippen molar-refractivity contribution in [2.45, 2.75) is 113 Å². The lowest BCUT2D eigenvalue weighted by molar-refractivity contribution is -0.127. The number of likely N-dealkylation sites (tertiary alicyclic amines) is 1. The molecule has 2 N–H and O–H groups in total. The second-order valence-corrected chi connectivity index (χ2v) is 16.1. The number of halogens is 1. The van der Waals surface area contributed by atoms with Gasteiger partial charge >= 0.3 is 0 Å². The molecule has 5 aliphatic rings. The van der Waals surface area contributed by atoms with Crippen molar-refractivity contribution in [1.82, 2.24) is 15.5 Å². The lowest BCUT2D eigenvalue weighted by atomic mass is 9.74. The lowest BCUT2D eigenvalue weighted by Gasteiger charge is -2.48. The molecule has 2 aliphatic carbocycles. The summed E-state index contributed by atoms with van der Waals surface area (Å²) < 4.78 is 0. The lowest BCUT2D eigenvalue weighted by Crippen LogP contribution is -2.49. The number of nitrogens with zero attached hydrogens (tertiary/aromatic N) is 1. The van der Waals surface area contributed by atoms with E-state index in [-0.39, 0.29) is 11.3 Å². The highest BCUT2D eigenvalue weighted by Crippen LogP contribution is 2.47. The Bertz CT molecular complexity index is 1780. The maximum absolute atomic E-state index is 12.2. The fourth-order valence-electron chi connectivity index (χ4n) is 9.99. The van der Waals surface area contributed by atoms with Gasteiger partial charge in [0.15, 0.2) is 5.78 Å². The van der Waals surface area contributed by atoms with Gasteiger partial charge in [0, 0.05) is 22.5 Å². The fourth-order valence-corrected chi connectivity index (χ4v) is 10.3. The molecule has 3 aliphatic heterocycles. The van der Waals surface area contributed by atoms with E-state index in [0.29, 0.717) is 23.0 Å². The van der Waals surface area contributed by atoms with Crippen LogP contribution in [0.3, 0.4) is 0 Å². The molecule has 1 saturated heterocycles. The number of hydrogen-bond acceptors (Lipinski definition) is 4. The van der Waals surface area contributed by atoms with E-state index in [4.69, 9.17) is 11.6 Å². The number of piperidine rings is 1. The molecule has 0 aromatic heterocycles. The van der Waals surface area contributed by atoms with Gasteiger partial charge in [0.1, 0.15) is 5.54 Å². The molecule has 51 heavy (non-hydrogen) atoms. The highest BCUT2D eigenvalue weighted by Gasteiger charge is 2.45. The summed E-state index contributed by atoms with van der Waals surface area (Å²) in [7, 11) is 1.84. The van der Waals surface area contributed by atoms with Crippen LogP contribution in [0.2, 0.25) is 5.02 Å². The zero-order chi connectivity index (χ0) is 35.3. The van der Waals surface area contributed by atoms with Gasteiger partial charge in [-0.3, -0.25) is 15.0 Å². The molecule has 4 aromatic carbocycles. The van der Waals surface area contributed by atoms with Crippen LogP contribution in [0.25, 0.3) is 0 Å². The number of Topliss-reactive ketones (excluding diaryl/α,β-unsaturated/α-hetero) is 1. The van der Waals surface area contributed by atoms with Crippen molar-refractivity contribution in [2.24, 2.45) is 0 Å². The quantitative estimate of drug-likeness (QED) is 0.222.